The summed E-state index contributed by atoms with van der Waals surface area (Å²) in [5, 5.41) is 4.47. The van der Waals surface area contributed by atoms with Crippen molar-refractivity contribution in [3.63, 3.8) is 0 Å². The summed E-state index contributed by atoms with van der Waals surface area (Å²) in [5.74, 6) is 0.814. The number of rotatable bonds is 5. The maximum absolute atomic E-state index is 12.7. The van der Waals surface area contributed by atoms with Gasteiger partial charge in [0.05, 0.1) is 12.2 Å². The maximum atomic E-state index is 12.7. The van der Waals surface area contributed by atoms with Gasteiger partial charge in [0, 0.05) is 44.3 Å². The second-order valence-corrected chi connectivity index (χ2v) is 7.59. The monoisotopic (exact) mass is 372 g/mol. The van der Waals surface area contributed by atoms with Crippen LogP contribution in [0.15, 0.2) is 41.3 Å². The summed E-state index contributed by atoms with van der Waals surface area (Å²) >= 11 is 1.73. The van der Waals surface area contributed by atoms with Crippen molar-refractivity contribution in [2.75, 3.05) is 25.9 Å². The molecule has 26 heavy (non-hydrogen) atoms. The van der Waals surface area contributed by atoms with E-state index in [2.05, 4.69) is 17.2 Å². The van der Waals surface area contributed by atoms with E-state index < -0.39 is 0 Å². The Morgan fingerprint density at radius 2 is 2.00 bits per heavy atom. The zero-order valence-corrected chi connectivity index (χ0v) is 16.0. The van der Waals surface area contributed by atoms with Crippen molar-refractivity contribution in [3.05, 3.63) is 47.8 Å². The number of benzene rings is 1. The van der Waals surface area contributed by atoms with Crippen molar-refractivity contribution in [2.24, 2.45) is 0 Å². The van der Waals surface area contributed by atoms with Crippen LogP contribution in [0.25, 0.3) is 0 Å². The van der Waals surface area contributed by atoms with Gasteiger partial charge in [-0.1, -0.05) is 18.2 Å². The van der Waals surface area contributed by atoms with Crippen LogP contribution in [-0.4, -0.2) is 57.3 Å². The molecule has 0 N–H and O–H groups in total. The number of carbonyl (C=O) groups excluding carboxylic acids is 2. The van der Waals surface area contributed by atoms with Gasteiger partial charge in [-0.05, 0) is 24.6 Å². The highest BCUT2D eigenvalue weighted by atomic mass is 32.2. The van der Waals surface area contributed by atoms with Crippen LogP contribution >= 0.6 is 11.8 Å². The van der Waals surface area contributed by atoms with Crippen molar-refractivity contribution >= 4 is 23.6 Å². The molecule has 0 atom stereocenters. The van der Waals surface area contributed by atoms with Gasteiger partial charge in [0.15, 0.2) is 5.69 Å². The van der Waals surface area contributed by atoms with E-state index in [1.807, 2.05) is 28.9 Å². The molecule has 2 aromatic rings. The van der Waals surface area contributed by atoms with Crippen LogP contribution < -0.4 is 0 Å². The van der Waals surface area contributed by atoms with Gasteiger partial charge < -0.3 is 9.80 Å². The van der Waals surface area contributed by atoms with Gasteiger partial charge in [-0.15, -0.1) is 11.8 Å². The van der Waals surface area contributed by atoms with E-state index in [-0.39, 0.29) is 11.8 Å². The van der Waals surface area contributed by atoms with Crippen LogP contribution in [0.2, 0.25) is 0 Å². The third-order valence-electron chi connectivity index (χ3n) is 4.46. The summed E-state index contributed by atoms with van der Waals surface area (Å²) in [4.78, 5) is 29.0. The zero-order chi connectivity index (χ0) is 18.5. The predicted octanol–water partition coefficient (Wildman–Crippen LogP) is 2.50. The predicted molar refractivity (Wildman–Crippen MR) is 102 cm³/mol. The summed E-state index contributed by atoms with van der Waals surface area (Å²) < 4.78 is 1.86. The summed E-state index contributed by atoms with van der Waals surface area (Å²) in [6.07, 6.45) is 0.853. The number of hydrogen-bond donors (Lipinski definition) is 0. The lowest BCUT2D eigenvalue weighted by atomic mass is 10.3. The molecule has 0 saturated carbocycles. The van der Waals surface area contributed by atoms with Gasteiger partial charge >= 0.3 is 0 Å². The van der Waals surface area contributed by atoms with Gasteiger partial charge in [-0.3, -0.25) is 14.3 Å². The molecule has 0 bridgehead atoms. The Balaban J connectivity index is 1.59. The van der Waals surface area contributed by atoms with Crippen LogP contribution in [0.3, 0.4) is 0 Å². The minimum absolute atomic E-state index is 0.0579. The molecular formula is C19H24N4O2S. The first-order valence-corrected chi connectivity index (χ1v) is 9.78. The largest absolute Gasteiger partial charge is 0.339 e. The minimum atomic E-state index is -0.0754. The summed E-state index contributed by atoms with van der Waals surface area (Å²) in [6.45, 7) is 4.22. The number of nitrogens with zero attached hydrogens (tertiary/aromatic N) is 4. The number of amides is 2. The van der Waals surface area contributed by atoms with Crippen molar-refractivity contribution in [2.45, 2.75) is 31.3 Å². The first kappa shape index (κ1) is 18.5. The number of thioether (sulfide) groups is 1. The van der Waals surface area contributed by atoms with Crippen LogP contribution in [0, 0.1) is 0 Å². The van der Waals surface area contributed by atoms with E-state index in [9.17, 15) is 9.59 Å². The molecule has 1 aromatic carbocycles. The Labute approximate surface area is 158 Å². The molecule has 2 heterocycles. The average Bonchev–Trinajstić information content (AvgIpc) is 2.93. The Morgan fingerprint density at radius 1 is 1.23 bits per heavy atom. The fourth-order valence-electron chi connectivity index (χ4n) is 2.95. The summed E-state index contributed by atoms with van der Waals surface area (Å²) in [7, 11) is 1.81. The Morgan fingerprint density at radius 3 is 2.73 bits per heavy atom. The van der Waals surface area contributed by atoms with E-state index in [1.54, 1.807) is 35.5 Å². The highest BCUT2D eigenvalue weighted by molar-refractivity contribution is 7.99. The van der Waals surface area contributed by atoms with Crippen molar-refractivity contribution in [1.82, 2.24) is 19.6 Å². The number of aromatic nitrogens is 2. The molecule has 0 unspecified atom stereocenters. The van der Waals surface area contributed by atoms with Crippen LogP contribution in [0.4, 0.5) is 0 Å². The average molecular weight is 372 g/mol. The molecule has 0 spiro atoms. The Bertz CT molecular complexity index is 775. The second-order valence-electron chi connectivity index (χ2n) is 6.43. The molecule has 0 aliphatic carbocycles. The quantitative estimate of drug-likeness (QED) is 0.757. The van der Waals surface area contributed by atoms with Crippen LogP contribution in [0.5, 0.6) is 0 Å². The van der Waals surface area contributed by atoms with Gasteiger partial charge in [0.1, 0.15) is 0 Å². The lowest BCUT2D eigenvalue weighted by Gasteiger charge is -2.17. The molecule has 2 amide bonds. The highest BCUT2D eigenvalue weighted by Gasteiger charge is 2.22. The molecule has 1 aliphatic heterocycles. The first-order valence-electron chi connectivity index (χ1n) is 8.80. The number of hydrogen-bond acceptors (Lipinski definition) is 4. The van der Waals surface area contributed by atoms with E-state index in [1.165, 1.54) is 4.90 Å². The minimum Gasteiger partial charge on any atom is -0.339 e. The summed E-state index contributed by atoms with van der Waals surface area (Å²) in [5.41, 5.74) is 1.38. The number of carbonyl (C=O) groups is 2. The van der Waals surface area contributed by atoms with Gasteiger partial charge in [-0.25, -0.2) is 0 Å². The fourth-order valence-corrected chi connectivity index (χ4v) is 3.90. The lowest BCUT2D eigenvalue weighted by Crippen LogP contribution is -2.29. The first-order chi connectivity index (χ1) is 12.5. The number of fused-ring (bicyclic) bond motifs is 1. The maximum Gasteiger partial charge on any atom is 0.274 e. The standard InChI is InChI=1S/C19H24N4O2S/c1-15(24)22-9-6-10-23-16(14-22)13-18(20-23)19(25)21(2)11-12-26-17-7-4-3-5-8-17/h3-5,7-8,13H,6,9-12,14H2,1-2H3. The zero-order valence-electron chi connectivity index (χ0n) is 15.2. The SMILES string of the molecule is CC(=O)N1CCCn2nc(C(=O)N(C)CCSc3ccccc3)cc2C1. The Hall–Kier alpha value is -2.28. The third-order valence-corrected chi connectivity index (χ3v) is 5.46. The molecule has 0 saturated heterocycles. The molecule has 138 valence electrons. The molecular weight excluding hydrogens is 348 g/mol. The van der Waals surface area contributed by atoms with Crippen molar-refractivity contribution < 1.29 is 9.59 Å². The molecule has 1 aliphatic rings. The Kier molecular flexibility index (Phi) is 5.98. The van der Waals surface area contributed by atoms with Crippen LogP contribution in [-0.2, 0) is 17.9 Å². The van der Waals surface area contributed by atoms with E-state index in [4.69, 9.17) is 0 Å². The normalized spacial score (nSPS) is 13.8. The molecule has 3 rings (SSSR count). The van der Waals surface area contributed by atoms with Crippen LogP contribution in [0.1, 0.15) is 29.5 Å². The fraction of sp³-hybridized carbons (Fsp3) is 0.421. The molecule has 7 heteroatoms. The van der Waals surface area contributed by atoms with Crippen molar-refractivity contribution in [3.8, 4) is 0 Å². The van der Waals surface area contributed by atoms with E-state index in [0.29, 0.717) is 18.8 Å². The second kappa shape index (κ2) is 8.40. The summed E-state index contributed by atoms with van der Waals surface area (Å²) in [6, 6.07) is 12.0. The highest BCUT2D eigenvalue weighted by Crippen LogP contribution is 2.18. The molecule has 0 radical (unpaired) electrons. The lowest BCUT2D eigenvalue weighted by molar-refractivity contribution is -0.129. The molecule has 1 aromatic heterocycles. The number of aryl methyl sites for hydroxylation is 1. The smallest absolute Gasteiger partial charge is 0.274 e. The molecule has 0 fully saturated rings. The van der Waals surface area contributed by atoms with Gasteiger partial charge in [0.25, 0.3) is 5.91 Å². The topological polar surface area (TPSA) is 58.4 Å². The van der Waals surface area contributed by atoms with Gasteiger partial charge in [-0.2, -0.15) is 5.10 Å². The van der Waals surface area contributed by atoms with Crippen molar-refractivity contribution in [1.29, 1.82) is 0 Å². The van der Waals surface area contributed by atoms with Gasteiger partial charge in [0.2, 0.25) is 5.91 Å². The molecule has 6 nitrogen and oxygen atoms in total. The van der Waals surface area contributed by atoms with E-state index >= 15 is 0 Å². The third kappa shape index (κ3) is 4.46. The van der Waals surface area contributed by atoms with E-state index in [0.717, 1.165) is 31.0 Å².